The number of carbonyl (C=O) groups is 10. The molecule has 1 heterocycles. The molecule has 0 spiro atoms. The van der Waals surface area contributed by atoms with Crippen molar-refractivity contribution < 1.29 is 58.2 Å². The quantitative estimate of drug-likeness (QED) is 0.0200. The van der Waals surface area contributed by atoms with Gasteiger partial charge in [0, 0.05) is 30.1 Å². The Balaban J connectivity index is 1.76. The van der Waals surface area contributed by atoms with Gasteiger partial charge in [-0.15, -0.1) is 0 Å². The van der Waals surface area contributed by atoms with Gasteiger partial charge in [0.15, 0.2) is 5.96 Å². The van der Waals surface area contributed by atoms with Crippen LogP contribution in [0.1, 0.15) is 110 Å². The Hall–Kier alpha value is -8.13. The molecule has 0 fully saturated rings. The molecular weight excluding hydrogens is 1060 g/mol. The van der Waals surface area contributed by atoms with Gasteiger partial charge in [0.25, 0.3) is 0 Å². The van der Waals surface area contributed by atoms with Gasteiger partial charge in [0.2, 0.25) is 47.3 Å². The Morgan fingerprint density at radius 2 is 1.13 bits per heavy atom. The molecule has 1 aromatic heterocycles. The fourth-order valence-corrected chi connectivity index (χ4v) is 8.85. The molecule has 0 bridgehead atoms. The summed E-state index contributed by atoms with van der Waals surface area (Å²) in [4.78, 5) is 142. The maximum absolute atomic E-state index is 14.3. The summed E-state index contributed by atoms with van der Waals surface area (Å²) in [6, 6.07) is 5.54. The molecule has 0 aliphatic heterocycles. The standard InChI is InChI=1S/C56H86N14O12/c1-7-33(6)47(54(80)66-40(20-13-14-22-57)50(76)69-44(55(81)82)26-34-16-9-8-10-17-34)70-53(79)42(25-32(4)5)68-51(77)41(24-31(2)3)64-45(71)30-63-49(75)39(21-15-23-61-56(59)60)65-52(78)43(28-46(72)73)67-48(74)37(58)27-35-29-62-38-19-12-11-18-36(35)38/h8-12,16-19,29,31-33,37,39-44,47,62H,7,13-15,20-28,30,57-58H2,1-6H3,(H,63,75)(H,64,71)(H,65,78)(H,66,80)(H,67,74)(H,68,77)(H,69,76)(H,70,79)(H,72,73)(H,81,82)(H4,59,60,61)/t33-,37-,39-,40-,41-,42-,43-,44-,47-/m0/s1. The van der Waals surface area contributed by atoms with E-state index in [0.29, 0.717) is 36.9 Å². The lowest BCUT2D eigenvalue weighted by molar-refractivity contribution is -0.142. The van der Waals surface area contributed by atoms with E-state index in [1.165, 1.54) is 0 Å². The number of carboxylic acid groups (broad SMARTS) is 2. The van der Waals surface area contributed by atoms with Gasteiger partial charge in [-0.05, 0) is 92.9 Å². The first-order valence-corrected chi connectivity index (χ1v) is 27.8. The van der Waals surface area contributed by atoms with E-state index in [-0.39, 0.29) is 69.3 Å². The first-order valence-electron chi connectivity index (χ1n) is 27.8. The maximum atomic E-state index is 14.3. The summed E-state index contributed by atoms with van der Waals surface area (Å²) >= 11 is 0. The number of carboxylic acids is 2. The number of aliphatic imine (C=N–C) groups is 1. The lowest BCUT2D eigenvalue weighted by Crippen LogP contribution is -2.60. The third-order valence-electron chi connectivity index (χ3n) is 13.4. The van der Waals surface area contributed by atoms with Crippen LogP contribution in [0.15, 0.2) is 65.8 Å². The number of amides is 8. The highest BCUT2D eigenvalue weighted by atomic mass is 16.4. The van der Waals surface area contributed by atoms with Crippen LogP contribution in [0, 0.1) is 17.8 Å². The number of para-hydroxylation sites is 1. The van der Waals surface area contributed by atoms with E-state index in [2.05, 4.69) is 52.5 Å². The zero-order valence-electron chi connectivity index (χ0n) is 47.8. The maximum Gasteiger partial charge on any atom is 0.326 e. The average molecular weight is 1150 g/mol. The van der Waals surface area contributed by atoms with Gasteiger partial charge in [-0.25, -0.2) is 4.79 Å². The van der Waals surface area contributed by atoms with E-state index in [1.807, 2.05) is 38.1 Å². The van der Waals surface area contributed by atoms with Gasteiger partial charge in [-0.2, -0.15) is 0 Å². The van der Waals surface area contributed by atoms with Crippen molar-refractivity contribution in [3.63, 3.8) is 0 Å². The largest absolute Gasteiger partial charge is 0.481 e. The number of aliphatic carboxylic acids is 2. The number of unbranched alkanes of at least 4 members (excludes halogenated alkanes) is 1. The number of hydrogen-bond donors (Lipinski definition) is 15. The molecule has 0 aliphatic rings. The number of H-pyrrole nitrogens is 1. The second-order valence-electron chi connectivity index (χ2n) is 21.3. The monoisotopic (exact) mass is 1150 g/mol. The lowest BCUT2D eigenvalue weighted by Gasteiger charge is -2.30. The van der Waals surface area contributed by atoms with Gasteiger partial charge in [-0.3, -0.25) is 48.1 Å². The number of fused-ring (bicyclic) bond motifs is 1. The van der Waals surface area contributed by atoms with Crippen molar-refractivity contribution in [3.05, 3.63) is 71.9 Å². The molecule has 26 heteroatoms. The van der Waals surface area contributed by atoms with Gasteiger partial charge in [0.1, 0.15) is 42.3 Å². The number of hydrogen-bond acceptors (Lipinski definition) is 13. The Morgan fingerprint density at radius 3 is 1.74 bits per heavy atom. The van der Waals surface area contributed by atoms with Gasteiger partial charge < -0.3 is 80.7 Å². The molecule has 2 aromatic carbocycles. The Bertz CT molecular complexity index is 2640. The first-order chi connectivity index (χ1) is 38.8. The number of carbonyl (C=O) groups excluding carboxylic acids is 8. The van der Waals surface area contributed by atoms with E-state index < -0.39 is 126 Å². The van der Waals surface area contributed by atoms with E-state index >= 15 is 0 Å². The zero-order chi connectivity index (χ0) is 61.1. The highest BCUT2D eigenvalue weighted by Gasteiger charge is 2.36. The number of benzene rings is 2. The second-order valence-corrected chi connectivity index (χ2v) is 21.3. The van der Waals surface area contributed by atoms with Gasteiger partial charge in [-0.1, -0.05) is 96.5 Å². The van der Waals surface area contributed by atoms with E-state index in [9.17, 15) is 58.2 Å². The summed E-state index contributed by atoms with van der Waals surface area (Å²) in [5.41, 5.74) is 25.1. The second kappa shape index (κ2) is 34.9. The highest BCUT2D eigenvalue weighted by molar-refractivity contribution is 5.98. The van der Waals surface area contributed by atoms with Crippen molar-refractivity contribution in [2.24, 2.45) is 45.7 Å². The molecule has 0 radical (unpaired) electrons. The van der Waals surface area contributed by atoms with Crippen molar-refractivity contribution in [3.8, 4) is 0 Å². The number of aromatic amines is 1. The molecule has 3 rings (SSSR count). The van der Waals surface area contributed by atoms with Crippen LogP contribution in [0.3, 0.4) is 0 Å². The van der Waals surface area contributed by atoms with Crippen LogP contribution in [0.25, 0.3) is 10.9 Å². The predicted octanol–water partition coefficient (Wildman–Crippen LogP) is -0.330. The predicted molar refractivity (Wildman–Crippen MR) is 308 cm³/mol. The molecule has 0 unspecified atom stereocenters. The Morgan fingerprint density at radius 1 is 0.598 bits per heavy atom. The summed E-state index contributed by atoms with van der Waals surface area (Å²) in [6.45, 7) is 10.4. The minimum atomic E-state index is -1.68. The minimum absolute atomic E-state index is 0.0155. The van der Waals surface area contributed by atoms with Crippen molar-refractivity contribution in [2.45, 2.75) is 161 Å². The molecule has 0 saturated carbocycles. The van der Waals surface area contributed by atoms with E-state index in [0.717, 1.165) is 10.9 Å². The van der Waals surface area contributed by atoms with Gasteiger partial charge >= 0.3 is 11.9 Å². The molecule has 82 heavy (non-hydrogen) atoms. The molecular formula is C56H86N14O12. The fraction of sp³-hybridized carbons (Fsp3) is 0.554. The molecule has 0 aliphatic carbocycles. The molecule has 452 valence electrons. The van der Waals surface area contributed by atoms with Crippen LogP contribution in [0.2, 0.25) is 0 Å². The number of nitrogens with zero attached hydrogens (tertiary/aromatic N) is 1. The summed E-state index contributed by atoms with van der Waals surface area (Å²) in [7, 11) is 0. The van der Waals surface area contributed by atoms with Crippen molar-refractivity contribution in [1.29, 1.82) is 0 Å². The Labute approximate surface area is 478 Å². The molecule has 9 atom stereocenters. The van der Waals surface area contributed by atoms with Crippen LogP contribution >= 0.6 is 0 Å². The first kappa shape index (κ1) is 68.1. The molecule has 8 amide bonds. The molecule has 0 saturated heterocycles. The van der Waals surface area contributed by atoms with E-state index in [1.54, 1.807) is 64.2 Å². The third kappa shape index (κ3) is 23.9. The van der Waals surface area contributed by atoms with Crippen molar-refractivity contribution in [1.82, 2.24) is 47.5 Å². The SMILES string of the molecule is CC[C@H](C)[C@H](NC(=O)[C@H](CC(C)C)NC(=O)[C@H](CC(C)C)NC(=O)CNC(=O)[C@H](CCCN=C(N)N)NC(=O)[C@H](CC(=O)O)NC(=O)[C@@H](N)Cc1c[nH]c2ccccc12)C(=O)N[C@@H](CCCCN)C(=O)N[C@@H](Cc1ccccc1)C(=O)O. The van der Waals surface area contributed by atoms with Crippen LogP contribution in [-0.4, -0.2) is 148 Å². The van der Waals surface area contributed by atoms with Crippen LogP contribution < -0.4 is 65.5 Å². The average Bonchev–Trinajstić information content (AvgIpc) is 3.88. The van der Waals surface area contributed by atoms with Crippen LogP contribution in [-0.2, 0) is 60.8 Å². The summed E-state index contributed by atoms with van der Waals surface area (Å²) in [5.74, 6) is -10.3. The number of nitrogens with one attached hydrogen (secondary N) is 9. The molecule has 19 N–H and O–H groups in total. The summed E-state index contributed by atoms with van der Waals surface area (Å²) < 4.78 is 0. The van der Waals surface area contributed by atoms with Crippen LogP contribution in [0.5, 0.6) is 0 Å². The zero-order valence-corrected chi connectivity index (χ0v) is 47.8. The number of nitrogens with two attached hydrogens (primary N) is 4. The fourth-order valence-electron chi connectivity index (χ4n) is 8.85. The number of guanidine groups is 1. The summed E-state index contributed by atoms with van der Waals surface area (Å²) in [6.07, 6.45) is 2.46. The number of aromatic nitrogens is 1. The van der Waals surface area contributed by atoms with Crippen molar-refractivity contribution in [2.75, 3.05) is 19.6 Å². The lowest BCUT2D eigenvalue weighted by atomic mass is 9.95. The van der Waals surface area contributed by atoms with Crippen LogP contribution in [0.4, 0.5) is 0 Å². The minimum Gasteiger partial charge on any atom is -0.481 e. The summed E-state index contributed by atoms with van der Waals surface area (Å²) in [5, 5.41) is 41.2. The molecule has 3 aromatic rings. The van der Waals surface area contributed by atoms with E-state index in [4.69, 9.17) is 22.9 Å². The van der Waals surface area contributed by atoms with Gasteiger partial charge in [0.05, 0.1) is 19.0 Å². The molecule has 26 nitrogen and oxygen atoms in total. The number of rotatable bonds is 37. The smallest absolute Gasteiger partial charge is 0.326 e. The third-order valence-corrected chi connectivity index (χ3v) is 13.4. The van der Waals surface area contributed by atoms with Crippen molar-refractivity contribution >= 4 is 76.1 Å². The highest BCUT2D eigenvalue weighted by Crippen LogP contribution is 2.19. The topological polar surface area (TPSA) is 440 Å². The Kier molecular flexibility index (Phi) is 29.0. The normalized spacial score (nSPS) is 14.5.